The second kappa shape index (κ2) is 6.97. The van der Waals surface area contributed by atoms with Crippen molar-refractivity contribution in [2.24, 2.45) is 0 Å². The van der Waals surface area contributed by atoms with E-state index in [0.717, 1.165) is 24.3 Å². The molecule has 0 atom stereocenters. The van der Waals surface area contributed by atoms with Gasteiger partial charge >= 0.3 is 6.36 Å². The van der Waals surface area contributed by atoms with Gasteiger partial charge in [-0.1, -0.05) is 0 Å². The van der Waals surface area contributed by atoms with E-state index in [-0.39, 0.29) is 10.9 Å². The van der Waals surface area contributed by atoms with Gasteiger partial charge in [0.15, 0.2) is 0 Å². The number of benzene rings is 1. The topological polar surface area (TPSA) is 84.5 Å². The summed E-state index contributed by atoms with van der Waals surface area (Å²) in [6.45, 7) is 2.96. The van der Waals surface area contributed by atoms with Crippen molar-refractivity contribution in [2.75, 3.05) is 6.54 Å². The van der Waals surface area contributed by atoms with E-state index < -0.39 is 34.6 Å². The SMILES string of the molecule is CC(C)NC(=O)CNS(=O)(=O)c1ccc(OC(F)(F)F)cc1. The van der Waals surface area contributed by atoms with Crippen LogP contribution >= 0.6 is 0 Å². The van der Waals surface area contributed by atoms with Gasteiger partial charge in [-0.15, -0.1) is 13.2 Å². The third kappa shape index (κ3) is 6.31. The van der Waals surface area contributed by atoms with E-state index in [1.807, 2.05) is 4.72 Å². The molecule has 2 N–H and O–H groups in total. The molecule has 1 amide bonds. The van der Waals surface area contributed by atoms with Gasteiger partial charge in [0.1, 0.15) is 5.75 Å². The van der Waals surface area contributed by atoms with Crippen molar-refractivity contribution in [3.05, 3.63) is 24.3 Å². The Kier molecular flexibility index (Phi) is 5.78. The first-order valence-corrected chi connectivity index (χ1v) is 7.63. The van der Waals surface area contributed by atoms with Crippen LogP contribution in [0.25, 0.3) is 0 Å². The zero-order chi connectivity index (χ0) is 17.0. The van der Waals surface area contributed by atoms with E-state index in [2.05, 4.69) is 10.1 Å². The van der Waals surface area contributed by atoms with Gasteiger partial charge in [0.05, 0.1) is 11.4 Å². The smallest absolute Gasteiger partial charge is 0.406 e. The fourth-order valence-electron chi connectivity index (χ4n) is 1.44. The molecule has 0 aliphatic carbocycles. The molecule has 0 bridgehead atoms. The summed E-state index contributed by atoms with van der Waals surface area (Å²) in [5.41, 5.74) is 0. The summed E-state index contributed by atoms with van der Waals surface area (Å²) in [5.74, 6) is -1.06. The van der Waals surface area contributed by atoms with Crippen LogP contribution in [0.2, 0.25) is 0 Å². The molecule has 0 radical (unpaired) electrons. The van der Waals surface area contributed by atoms with Crippen molar-refractivity contribution in [1.29, 1.82) is 0 Å². The van der Waals surface area contributed by atoms with Crippen LogP contribution in [0.3, 0.4) is 0 Å². The van der Waals surface area contributed by atoms with Gasteiger partial charge in [0, 0.05) is 6.04 Å². The van der Waals surface area contributed by atoms with Gasteiger partial charge in [-0.2, -0.15) is 0 Å². The summed E-state index contributed by atoms with van der Waals surface area (Å²) >= 11 is 0. The zero-order valence-corrected chi connectivity index (χ0v) is 12.6. The number of hydrogen-bond acceptors (Lipinski definition) is 4. The summed E-state index contributed by atoms with van der Waals surface area (Å²) in [4.78, 5) is 11.1. The van der Waals surface area contributed by atoms with Gasteiger partial charge in [0.2, 0.25) is 15.9 Å². The van der Waals surface area contributed by atoms with Crippen LogP contribution in [0.15, 0.2) is 29.2 Å². The third-order valence-corrected chi connectivity index (χ3v) is 3.66. The first-order chi connectivity index (χ1) is 9.99. The highest BCUT2D eigenvalue weighted by Crippen LogP contribution is 2.23. The molecule has 6 nitrogen and oxygen atoms in total. The summed E-state index contributed by atoms with van der Waals surface area (Å²) in [5, 5.41) is 2.49. The predicted molar refractivity (Wildman–Crippen MR) is 71.6 cm³/mol. The van der Waals surface area contributed by atoms with E-state index in [9.17, 15) is 26.4 Å². The molecule has 0 spiro atoms. The molecule has 22 heavy (non-hydrogen) atoms. The molecule has 0 heterocycles. The molecule has 1 aromatic carbocycles. The Hall–Kier alpha value is -1.81. The fourth-order valence-corrected chi connectivity index (χ4v) is 2.42. The Bertz CT molecular complexity index is 612. The minimum absolute atomic E-state index is 0.143. The number of rotatable bonds is 6. The van der Waals surface area contributed by atoms with Gasteiger partial charge in [-0.05, 0) is 38.1 Å². The molecule has 0 saturated carbocycles. The minimum atomic E-state index is -4.85. The maximum Gasteiger partial charge on any atom is 0.573 e. The highest BCUT2D eigenvalue weighted by molar-refractivity contribution is 7.89. The molecule has 0 saturated heterocycles. The van der Waals surface area contributed by atoms with Crippen molar-refractivity contribution in [3.8, 4) is 5.75 Å². The van der Waals surface area contributed by atoms with E-state index in [1.165, 1.54) is 0 Å². The first-order valence-electron chi connectivity index (χ1n) is 6.14. The van der Waals surface area contributed by atoms with Gasteiger partial charge < -0.3 is 10.1 Å². The van der Waals surface area contributed by atoms with Crippen molar-refractivity contribution in [3.63, 3.8) is 0 Å². The Morgan fingerprint density at radius 1 is 1.23 bits per heavy atom. The standard InChI is InChI=1S/C12H15F3N2O4S/c1-8(2)17-11(18)7-16-22(19,20)10-5-3-9(4-6-10)21-12(13,14)15/h3-6,8,16H,7H2,1-2H3,(H,17,18). The molecule has 10 heteroatoms. The number of carbonyl (C=O) groups is 1. The molecule has 0 fully saturated rings. The predicted octanol–water partition coefficient (Wildman–Crippen LogP) is 1.39. The molecule has 124 valence electrons. The normalized spacial score (nSPS) is 12.3. The second-order valence-corrected chi connectivity index (χ2v) is 6.33. The van der Waals surface area contributed by atoms with Gasteiger partial charge in [-0.25, -0.2) is 13.1 Å². The molecular weight excluding hydrogens is 325 g/mol. The van der Waals surface area contributed by atoms with E-state index in [0.29, 0.717) is 0 Å². The first kappa shape index (κ1) is 18.2. The van der Waals surface area contributed by atoms with Crippen LogP contribution in [0.5, 0.6) is 5.75 Å². The van der Waals surface area contributed by atoms with Crippen molar-refractivity contribution < 1.29 is 31.1 Å². The highest BCUT2D eigenvalue weighted by Gasteiger charge is 2.31. The van der Waals surface area contributed by atoms with Crippen LogP contribution in [-0.4, -0.2) is 33.3 Å². The van der Waals surface area contributed by atoms with Crippen LogP contribution in [0, 0.1) is 0 Å². The quantitative estimate of drug-likeness (QED) is 0.820. The van der Waals surface area contributed by atoms with Crippen LogP contribution in [0.1, 0.15) is 13.8 Å². The van der Waals surface area contributed by atoms with Gasteiger partial charge in [0.25, 0.3) is 0 Å². The Balaban J connectivity index is 2.71. The van der Waals surface area contributed by atoms with Crippen molar-refractivity contribution in [1.82, 2.24) is 10.0 Å². The molecule has 0 aromatic heterocycles. The lowest BCUT2D eigenvalue weighted by atomic mass is 10.3. The van der Waals surface area contributed by atoms with E-state index in [4.69, 9.17) is 0 Å². The van der Waals surface area contributed by atoms with Crippen LogP contribution in [0.4, 0.5) is 13.2 Å². The van der Waals surface area contributed by atoms with Crippen LogP contribution < -0.4 is 14.8 Å². The molecule has 0 aliphatic heterocycles. The summed E-state index contributed by atoms with van der Waals surface area (Å²) in [6.07, 6.45) is -4.85. The van der Waals surface area contributed by atoms with E-state index in [1.54, 1.807) is 13.8 Å². The number of sulfonamides is 1. The number of carbonyl (C=O) groups excluding carboxylic acids is 1. The number of hydrogen-bond donors (Lipinski definition) is 2. The number of alkyl halides is 3. The molecule has 1 rings (SSSR count). The molecule has 1 aromatic rings. The Morgan fingerprint density at radius 3 is 2.23 bits per heavy atom. The zero-order valence-electron chi connectivity index (χ0n) is 11.8. The maximum atomic E-state index is 12.0. The Labute approximate surface area is 125 Å². The average Bonchev–Trinajstić information content (AvgIpc) is 2.34. The number of ether oxygens (including phenoxy) is 1. The average molecular weight is 340 g/mol. The lowest BCUT2D eigenvalue weighted by molar-refractivity contribution is -0.274. The molecule has 0 unspecified atom stereocenters. The molecule has 0 aliphatic rings. The summed E-state index contributed by atoms with van der Waals surface area (Å²) in [7, 11) is -4.00. The highest BCUT2D eigenvalue weighted by atomic mass is 32.2. The third-order valence-electron chi connectivity index (χ3n) is 2.24. The lowest BCUT2D eigenvalue weighted by Crippen LogP contribution is -2.39. The number of halogens is 3. The lowest BCUT2D eigenvalue weighted by Gasteiger charge is -2.11. The monoisotopic (exact) mass is 340 g/mol. The maximum absolute atomic E-state index is 12.0. The van der Waals surface area contributed by atoms with Crippen LogP contribution in [-0.2, 0) is 14.8 Å². The number of amides is 1. The second-order valence-electron chi connectivity index (χ2n) is 4.57. The number of nitrogens with one attached hydrogen (secondary N) is 2. The van der Waals surface area contributed by atoms with Crippen molar-refractivity contribution >= 4 is 15.9 Å². The largest absolute Gasteiger partial charge is 0.573 e. The molecular formula is C12H15F3N2O4S. The minimum Gasteiger partial charge on any atom is -0.406 e. The summed E-state index contributed by atoms with van der Waals surface area (Å²) < 4.78 is 65.4. The Morgan fingerprint density at radius 2 is 1.77 bits per heavy atom. The van der Waals surface area contributed by atoms with Gasteiger partial charge in [-0.3, -0.25) is 4.79 Å². The summed E-state index contributed by atoms with van der Waals surface area (Å²) in [6, 6.07) is 3.50. The van der Waals surface area contributed by atoms with E-state index >= 15 is 0 Å². The van der Waals surface area contributed by atoms with Crippen molar-refractivity contribution in [2.45, 2.75) is 31.1 Å². The fraction of sp³-hybridized carbons (Fsp3) is 0.417.